The quantitative estimate of drug-likeness (QED) is 0.419. The Morgan fingerprint density at radius 2 is 1.77 bits per heavy atom. The average Bonchev–Trinajstić information content (AvgIpc) is 2.22. The van der Waals surface area contributed by atoms with Gasteiger partial charge in [0, 0.05) is 32.7 Å². The lowest BCUT2D eigenvalue weighted by molar-refractivity contribution is -0.109. The molecule has 0 aliphatic carbocycles. The van der Waals surface area contributed by atoms with Gasteiger partial charge in [0.15, 0.2) is 0 Å². The van der Waals surface area contributed by atoms with Gasteiger partial charge in [0.2, 0.25) is 6.41 Å². The van der Waals surface area contributed by atoms with Gasteiger partial charge in [0.25, 0.3) is 0 Å². The van der Waals surface area contributed by atoms with E-state index in [0.29, 0.717) is 0 Å². The van der Waals surface area contributed by atoms with Crippen LogP contribution in [0.5, 0.6) is 0 Å². The Balaban J connectivity index is 0.000000223. The highest BCUT2D eigenvalue weighted by Crippen LogP contribution is 1.79. The number of hydrogen-bond acceptors (Lipinski definition) is 3. The summed E-state index contributed by atoms with van der Waals surface area (Å²) < 4.78 is 0. The lowest BCUT2D eigenvalue weighted by atomic mass is 10.3. The third-order valence-electron chi connectivity index (χ3n) is 1.72. The number of piperazine rings is 1. The van der Waals surface area contributed by atoms with Gasteiger partial charge in [0.1, 0.15) is 0 Å². The molecule has 1 fully saturated rings. The number of hydrogen-bond donors (Lipinski definition) is 3. The highest BCUT2D eigenvalue weighted by atomic mass is 16.1. The number of carbonyl (C=O) groups is 1. The van der Waals surface area contributed by atoms with Gasteiger partial charge < -0.3 is 16.0 Å². The Morgan fingerprint density at radius 1 is 1.23 bits per heavy atom. The van der Waals surface area contributed by atoms with E-state index in [1.54, 1.807) is 0 Å². The molecule has 13 heavy (non-hydrogen) atoms. The summed E-state index contributed by atoms with van der Waals surface area (Å²) in [4.78, 5) is 9.57. The number of rotatable bonds is 4. The van der Waals surface area contributed by atoms with Crippen LogP contribution in [0.15, 0.2) is 0 Å². The summed E-state index contributed by atoms with van der Waals surface area (Å²) in [6.45, 7) is 7.46. The highest BCUT2D eigenvalue weighted by Gasteiger charge is 1.91. The molecule has 0 aromatic rings. The first kappa shape index (κ1) is 12.4. The second kappa shape index (κ2) is 11.4. The lowest BCUT2D eigenvalue weighted by Gasteiger charge is -2.11. The van der Waals surface area contributed by atoms with Crippen LogP contribution in [0.1, 0.15) is 19.8 Å². The Hall–Kier alpha value is -0.610. The van der Waals surface area contributed by atoms with E-state index in [9.17, 15) is 4.79 Å². The lowest BCUT2D eigenvalue weighted by Crippen LogP contribution is -2.39. The molecular formula is C9H21N3O. The summed E-state index contributed by atoms with van der Waals surface area (Å²) in [7, 11) is 0. The standard InChI is InChI=1S/C5H11NO.C4H10N2/c1-2-3-4-6-5-7;1-2-6-4-3-5-1/h5H,2-4H2,1H3,(H,6,7);5-6H,1-4H2. The fourth-order valence-corrected chi connectivity index (χ4v) is 0.941. The molecule has 1 saturated heterocycles. The monoisotopic (exact) mass is 187 g/mol. The summed E-state index contributed by atoms with van der Waals surface area (Å²) in [6, 6.07) is 0. The highest BCUT2D eigenvalue weighted by molar-refractivity contribution is 5.45. The fourth-order valence-electron chi connectivity index (χ4n) is 0.941. The van der Waals surface area contributed by atoms with E-state index in [0.717, 1.165) is 52.0 Å². The molecule has 78 valence electrons. The molecule has 0 spiro atoms. The van der Waals surface area contributed by atoms with Gasteiger partial charge in [-0.05, 0) is 6.42 Å². The van der Waals surface area contributed by atoms with Crippen LogP contribution in [-0.4, -0.2) is 39.1 Å². The molecule has 0 unspecified atom stereocenters. The van der Waals surface area contributed by atoms with Crippen LogP contribution in [0.25, 0.3) is 0 Å². The zero-order valence-electron chi connectivity index (χ0n) is 8.44. The Labute approximate surface area is 80.5 Å². The van der Waals surface area contributed by atoms with Crippen molar-refractivity contribution in [3.63, 3.8) is 0 Å². The van der Waals surface area contributed by atoms with Crippen LogP contribution in [0.3, 0.4) is 0 Å². The smallest absolute Gasteiger partial charge is 0.207 e. The molecule has 4 heteroatoms. The van der Waals surface area contributed by atoms with Gasteiger partial charge in [-0.2, -0.15) is 0 Å². The summed E-state index contributed by atoms with van der Waals surface area (Å²) in [5.74, 6) is 0. The van der Waals surface area contributed by atoms with Gasteiger partial charge in [0.05, 0.1) is 0 Å². The van der Waals surface area contributed by atoms with E-state index < -0.39 is 0 Å². The number of nitrogens with one attached hydrogen (secondary N) is 3. The van der Waals surface area contributed by atoms with Crippen molar-refractivity contribution in [1.29, 1.82) is 0 Å². The third-order valence-corrected chi connectivity index (χ3v) is 1.72. The largest absolute Gasteiger partial charge is 0.359 e. The van der Waals surface area contributed by atoms with Crippen molar-refractivity contribution >= 4 is 6.41 Å². The van der Waals surface area contributed by atoms with Crippen molar-refractivity contribution in [3.05, 3.63) is 0 Å². The van der Waals surface area contributed by atoms with Gasteiger partial charge in [-0.3, -0.25) is 4.79 Å². The molecule has 3 N–H and O–H groups in total. The van der Waals surface area contributed by atoms with Crippen LogP contribution < -0.4 is 16.0 Å². The minimum absolute atomic E-state index is 0.732. The summed E-state index contributed by atoms with van der Waals surface area (Å²) in [5, 5.41) is 9.01. The van der Waals surface area contributed by atoms with Crippen molar-refractivity contribution in [2.24, 2.45) is 0 Å². The molecule has 0 aromatic carbocycles. The topological polar surface area (TPSA) is 53.2 Å². The predicted octanol–water partition coefficient (Wildman–Crippen LogP) is -0.288. The Bertz CT molecular complexity index is 93.5. The first-order valence-corrected chi connectivity index (χ1v) is 5.00. The summed E-state index contributed by atoms with van der Waals surface area (Å²) in [5.41, 5.74) is 0. The number of amides is 1. The van der Waals surface area contributed by atoms with Crippen molar-refractivity contribution in [2.75, 3.05) is 32.7 Å². The normalized spacial score (nSPS) is 15.5. The van der Waals surface area contributed by atoms with Gasteiger partial charge in [-0.15, -0.1) is 0 Å². The molecular weight excluding hydrogens is 166 g/mol. The number of unbranched alkanes of at least 4 members (excludes halogenated alkanes) is 1. The summed E-state index contributed by atoms with van der Waals surface area (Å²) in [6.07, 6.45) is 2.95. The molecule has 1 heterocycles. The predicted molar refractivity (Wildman–Crippen MR) is 54.7 cm³/mol. The average molecular weight is 187 g/mol. The van der Waals surface area contributed by atoms with Crippen LogP contribution >= 0.6 is 0 Å². The van der Waals surface area contributed by atoms with Gasteiger partial charge in [-0.25, -0.2) is 0 Å². The number of carbonyl (C=O) groups excluding carboxylic acids is 1. The molecule has 0 bridgehead atoms. The fraction of sp³-hybridized carbons (Fsp3) is 0.889. The van der Waals surface area contributed by atoms with E-state index in [1.165, 1.54) is 0 Å². The second-order valence-electron chi connectivity index (χ2n) is 2.93. The molecule has 0 atom stereocenters. The molecule has 0 saturated carbocycles. The van der Waals surface area contributed by atoms with Crippen LogP contribution in [0.2, 0.25) is 0 Å². The first-order valence-electron chi connectivity index (χ1n) is 5.00. The SMILES string of the molecule is C1CNCCN1.CCCCNC=O. The van der Waals surface area contributed by atoms with Crippen molar-refractivity contribution in [2.45, 2.75) is 19.8 Å². The zero-order valence-corrected chi connectivity index (χ0v) is 8.44. The van der Waals surface area contributed by atoms with Crippen LogP contribution in [-0.2, 0) is 4.79 Å². The molecule has 0 radical (unpaired) electrons. The molecule has 1 rings (SSSR count). The van der Waals surface area contributed by atoms with Crippen molar-refractivity contribution < 1.29 is 4.79 Å². The van der Waals surface area contributed by atoms with E-state index >= 15 is 0 Å². The van der Waals surface area contributed by atoms with E-state index in [1.807, 2.05) is 0 Å². The maximum Gasteiger partial charge on any atom is 0.207 e. The van der Waals surface area contributed by atoms with Crippen LogP contribution in [0.4, 0.5) is 0 Å². The van der Waals surface area contributed by atoms with Gasteiger partial charge in [-0.1, -0.05) is 13.3 Å². The maximum absolute atomic E-state index is 9.57. The second-order valence-corrected chi connectivity index (χ2v) is 2.93. The van der Waals surface area contributed by atoms with E-state index in [-0.39, 0.29) is 0 Å². The Kier molecular flexibility index (Phi) is 10.9. The molecule has 0 aromatic heterocycles. The summed E-state index contributed by atoms with van der Waals surface area (Å²) >= 11 is 0. The van der Waals surface area contributed by atoms with Gasteiger partial charge >= 0.3 is 0 Å². The van der Waals surface area contributed by atoms with Crippen molar-refractivity contribution in [3.8, 4) is 0 Å². The Morgan fingerprint density at radius 3 is 2.08 bits per heavy atom. The maximum atomic E-state index is 9.57. The molecule has 1 aliphatic heterocycles. The third kappa shape index (κ3) is 11.4. The van der Waals surface area contributed by atoms with Crippen molar-refractivity contribution in [1.82, 2.24) is 16.0 Å². The first-order chi connectivity index (χ1) is 6.41. The minimum atomic E-state index is 0.732. The molecule has 1 aliphatic rings. The molecule has 1 amide bonds. The van der Waals surface area contributed by atoms with E-state index in [2.05, 4.69) is 22.9 Å². The zero-order chi connectivity index (χ0) is 9.78. The molecule has 4 nitrogen and oxygen atoms in total. The van der Waals surface area contributed by atoms with Crippen LogP contribution in [0, 0.1) is 0 Å². The van der Waals surface area contributed by atoms with E-state index in [4.69, 9.17) is 0 Å². The minimum Gasteiger partial charge on any atom is -0.359 e.